The first-order valence-electron chi connectivity index (χ1n) is 5.99. The minimum atomic E-state index is -0.981. The van der Waals surface area contributed by atoms with E-state index in [-0.39, 0.29) is 11.3 Å². The number of thioether (sulfide) groups is 1. The summed E-state index contributed by atoms with van der Waals surface area (Å²) in [6, 6.07) is 9.68. The van der Waals surface area contributed by atoms with Gasteiger partial charge in [0.05, 0.1) is 12.7 Å². The van der Waals surface area contributed by atoms with Crippen molar-refractivity contribution >= 4 is 33.7 Å². The maximum absolute atomic E-state index is 13.6. The van der Waals surface area contributed by atoms with Crippen LogP contribution < -0.4 is 4.74 Å². The Kier molecular flexibility index (Phi) is 5.25. The molecule has 110 valence electrons. The van der Waals surface area contributed by atoms with Gasteiger partial charge in [0.15, 0.2) is 11.6 Å². The fourth-order valence-corrected chi connectivity index (χ4v) is 3.29. The first-order valence-corrected chi connectivity index (χ1v) is 7.77. The van der Waals surface area contributed by atoms with Crippen molar-refractivity contribution in [2.24, 2.45) is 0 Å². The van der Waals surface area contributed by atoms with Gasteiger partial charge in [0.1, 0.15) is 0 Å². The van der Waals surface area contributed by atoms with E-state index in [4.69, 9.17) is 9.84 Å². The number of rotatable bonds is 5. The SMILES string of the molecule is COc1ccc(CSc2cc(Br)ccc2C(=O)O)cc1F. The third-order valence-corrected chi connectivity index (χ3v) is 4.40. The van der Waals surface area contributed by atoms with E-state index in [1.807, 2.05) is 0 Å². The smallest absolute Gasteiger partial charge is 0.336 e. The molecule has 6 heteroatoms. The van der Waals surface area contributed by atoms with Gasteiger partial charge in [-0.3, -0.25) is 0 Å². The zero-order valence-electron chi connectivity index (χ0n) is 11.1. The van der Waals surface area contributed by atoms with Crippen LogP contribution in [-0.2, 0) is 5.75 Å². The van der Waals surface area contributed by atoms with E-state index < -0.39 is 11.8 Å². The third-order valence-electron chi connectivity index (χ3n) is 2.78. The molecule has 2 aromatic rings. The molecule has 0 aliphatic heterocycles. The number of hydrogen-bond donors (Lipinski definition) is 1. The van der Waals surface area contributed by atoms with Crippen molar-refractivity contribution in [3.8, 4) is 5.75 Å². The number of ether oxygens (including phenoxy) is 1. The number of methoxy groups -OCH3 is 1. The highest BCUT2D eigenvalue weighted by atomic mass is 79.9. The van der Waals surface area contributed by atoms with Crippen molar-refractivity contribution < 1.29 is 19.0 Å². The normalized spacial score (nSPS) is 10.4. The van der Waals surface area contributed by atoms with E-state index in [2.05, 4.69) is 15.9 Å². The Morgan fingerprint density at radius 1 is 1.33 bits per heavy atom. The van der Waals surface area contributed by atoms with Crippen LogP contribution in [-0.4, -0.2) is 18.2 Å². The molecular formula is C15H12BrFO3S. The minimum Gasteiger partial charge on any atom is -0.494 e. The molecule has 1 N–H and O–H groups in total. The second kappa shape index (κ2) is 6.95. The Bertz CT molecular complexity index is 676. The van der Waals surface area contributed by atoms with E-state index >= 15 is 0 Å². The fraction of sp³-hybridized carbons (Fsp3) is 0.133. The van der Waals surface area contributed by atoms with Gasteiger partial charge in [-0.2, -0.15) is 0 Å². The van der Waals surface area contributed by atoms with Crippen molar-refractivity contribution in [2.75, 3.05) is 7.11 Å². The minimum absolute atomic E-state index is 0.192. The molecule has 0 unspecified atom stereocenters. The quantitative estimate of drug-likeness (QED) is 0.782. The lowest BCUT2D eigenvalue weighted by Gasteiger charge is -2.08. The van der Waals surface area contributed by atoms with Gasteiger partial charge in [-0.05, 0) is 35.9 Å². The van der Waals surface area contributed by atoms with Gasteiger partial charge in [-0.15, -0.1) is 11.8 Å². The third kappa shape index (κ3) is 3.98. The standard InChI is InChI=1S/C15H12BrFO3S/c1-20-13-5-2-9(6-12(13)17)8-21-14-7-10(16)3-4-11(14)15(18)19/h2-7H,8H2,1H3,(H,18,19). The summed E-state index contributed by atoms with van der Waals surface area (Å²) in [5, 5.41) is 9.16. The van der Waals surface area contributed by atoms with Crippen LogP contribution in [0.25, 0.3) is 0 Å². The van der Waals surface area contributed by atoms with Crippen molar-refractivity contribution in [1.29, 1.82) is 0 Å². The van der Waals surface area contributed by atoms with E-state index in [0.717, 1.165) is 10.0 Å². The monoisotopic (exact) mass is 370 g/mol. The number of aromatic carboxylic acids is 1. The van der Waals surface area contributed by atoms with Crippen LogP contribution in [0.5, 0.6) is 5.75 Å². The fourth-order valence-electron chi connectivity index (χ4n) is 1.75. The number of halogens is 2. The van der Waals surface area contributed by atoms with Gasteiger partial charge in [0.2, 0.25) is 0 Å². The van der Waals surface area contributed by atoms with E-state index in [1.165, 1.54) is 24.9 Å². The zero-order chi connectivity index (χ0) is 15.4. The molecule has 21 heavy (non-hydrogen) atoms. The number of carboxylic acid groups (broad SMARTS) is 1. The summed E-state index contributed by atoms with van der Waals surface area (Å²) in [5.41, 5.74) is 0.992. The molecule has 2 aromatic carbocycles. The Morgan fingerprint density at radius 3 is 2.71 bits per heavy atom. The summed E-state index contributed by atoms with van der Waals surface area (Å²) in [7, 11) is 1.41. The van der Waals surface area contributed by atoms with E-state index in [0.29, 0.717) is 10.6 Å². The summed E-state index contributed by atoms with van der Waals surface area (Å²) in [4.78, 5) is 11.8. The molecule has 0 saturated carbocycles. The van der Waals surface area contributed by atoms with Crippen LogP contribution in [0.1, 0.15) is 15.9 Å². The summed E-state index contributed by atoms with van der Waals surface area (Å²) < 4.78 is 19.3. The van der Waals surface area contributed by atoms with Crippen molar-refractivity contribution in [1.82, 2.24) is 0 Å². The second-order valence-electron chi connectivity index (χ2n) is 4.20. The molecule has 0 saturated heterocycles. The van der Waals surface area contributed by atoms with E-state index in [1.54, 1.807) is 30.3 Å². The van der Waals surface area contributed by atoms with Crippen LogP contribution in [0.2, 0.25) is 0 Å². The van der Waals surface area contributed by atoms with Gasteiger partial charge < -0.3 is 9.84 Å². The Morgan fingerprint density at radius 2 is 2.10 bits per heavy atom. The Balaban J connectivity index is 2.18. The summed E-state index contributed by atoms with van der Waals surface area (Å²) in [6.45, 7) is 0. The molecule has 0 spiro atoms. The van der Waals surface area contributed by atoms with Crippen LogP contribution in [0.15, 0.2) is 45.8 Å². The molecule has 0 radical (unpaired) electrons. The van der Waals surface area contributed by atoms with Crippen molar-refractivity contribution in [3.63, 3.8) is 0 Å². The van der Waals surface area contributed by atoms with Gasteiger partial charge in [-0.1, -0.05) is 22.0 Å². The first kappa shape index (κ1) is 15.9. The van der Waals surface area contributed by atoms with Crippen molar-refractivity contribution in [3.05, 3.63) is 57.8 Å². The molecule has 2 rings (SSSR count). The summed E-state index contributed by atoms with van der Waals surface area (Å²) in [5.74, 6) is -0.746. The molecule has 0 fully saturated rings. The molecular weight excluding hydrogens is 359 g/mol. The zero-order valence-corrected chi connectivity index (χ0v) is 13.5. The average molecular weight is 371 g/mol. The average Bonchev–Trinajstić information content (AvgIpc) is 2.45. The molecule has 0 atom stereocenters. The topological polar surface area (TPSA) is 46.5 Å². The van der Waals surface area contributed by atoms with Gasteiger partial charge >= 0.3 is 5.97 Å². The van der Waals surface area contributed by atoms with Crippen LogP contribution in [0.4, 0.5) is 4.39 Å². The van der Waals surface area contributed by atoms with Crippen molar-refractivity contribution in [2.45, 2.75) is 10.6 Å². The lowest BCUT2D eigenvalue weighted by Crippen LogP contribution is -1.99. The number of benzene rings is 2. The van der Waals surface area contributed by atoms with E-state index in [9.17, 15) is 9.18 Å². The lowest BCUT2D eigenvalue weighted by atomic mass is 10.2. The molecule has 0 amide bonds. The first-order chi connectivity index (χ1) is 10.0. The Labute approximate surface area is 134 Å². The molecule has 0 bridgehead atoms. The highest BCUT2D eigenvalue weighted by Gasteiger charge is 2.11. The van der Waals surface area contributed by atoms with Crippen LogP contribution in [0, 0.1) is 5.82 Å². The summed E-state index contributed by atoms with van der Waals surface area (Å²) in [6.07, 6.45) is 0. The lowest BCUT2D eigenvalue weighted by molar-refractivity contribution is 0.0693. The summed E-state index contributed by atoms with van der Waals surface area (Å²) >= 11 is 4.67. The Hall–Kier alpha value is -1.53. The molecule has 0 aromatic heterocycles. The maximum atomic E-state index is 13.6. The highest BCUT2D eigenvalue weighted by Crippen LogP contribution is 2.30. The molecule has 0 aliphatic carbocycles. The second-order valence-corrected chi connectivity index (χ2v) is 6.14. The van der Waals surface area contributed by atoms with Gasteiger partial charge in [0.25, 0.3) is 0 Å². The number of hydrogen-bond acceptors (Lipinski definition) is 3. The molecule has 0 aliphatic rings. The molecule has 3 nitrogen and oxygen atoms in total. The number of carbonyl (C=O) groups is 1. The molecule has 0 heterocycles. The highest BCUT2D eigenvalue weighted by molar-refractivity contribution is 9.10. The predicted molar refractivity (Wildman–Crippen MR) is 83.6 cm³/mol. The maximum Gasteiger partial charge on any atom is 0.336 e. The number of carboxylic acids is 1. The van der Waals surface area contributed by atoms with Crippen LogP contribution >= 0.6 is 27.7 Å². The predicted octanol–water partition coefficient (Wildman–Crippen LogP) is 4.59. The van der Waals surface area contributed by atoms with Gasteiger partial charge in [0, 0.05) is 15.1 Å². The largest absolute Gasteiger partial charge is 0.494 e. The van der Waals surface area contributed by atoms with Crippen LogP contribution in [0.3, 0.4) is 0 Å². The van der Waals surface area contributed by atoms with Gasteiger partial charge in [-0.25, -0.2) is 9.18 Å².